The highest BCUT2D eigenvalue weighted by molar-refractivity contribution is 5.74. The zero-order valence-corrected chi connectivity index (χ0v) is 8.04. The predicted octanol–water partition coefficient (Wildman–Crippen LogP) is -1.04. The Hall–Kier alpha value is -1.10. The van der Waals surface area contributed by atoms with Gasteiger partial charge < -0.3 is 15.3 Å². The van der Waals surface area contributed by atoms with Crippen LogP contribution in [0.5, 0.6) is 0 Å². The van der Waals surface area contributed by atoms with Crippen molar-refractivity contribution in [3.63, 3.8) is 0 Å². The van der Waals surface area contributed by atoms with Gasteiger partial charge in [-0.15, -0.1) is 0 Å². The summed E-state index contributed by atoms with van der Waals surface area (Å²) in [7, 11) is 0. The van der Waals surface area contributed by atoms with Crippen molar-refractivity contribution in [3.8, 4) is 0 Å². The fraction of sp³-hybridized carbons (Fsp3) is 0.750. The average molecular weight is 188 g/mol. The molecule has 0 aliphatic carbocycles. The number of aliphatic hydroxyl groups is 1. The van der Waals surface area contributed by atoms with Gasteiger partial charge in [0, 0.05) is 33.5 Å². The van der Waals surface area contributed by atoms with Crippen molar-refractivity contribution in [3.05, 3.63) is 0 Å². The predicted molar refractivity (Wildman–Crippen MR) is 48.0 cm³/mol. The molecule has 0 radical (unpaired) electrons. The minimum absolute atomic E-state index is 0.0559. The molecule has 0 spiro atoms. The molecule has 0 bridgehead atoms. The van der Waals surface area contributed by atoms with Gasteiger partial charge in [-0.05, 0) is 0 Å². The van der Waals surface area contributed by atoms with Crippen LogP contribution in [0, 0.1) is 0 Å². The molecular weight excluding hydrogens is 172 g/mol. The van der Waals surface area contributed by atoms with Crippen molar-refractivity contribution in [1.82, 2.24) is 10.2 Å². The van der Waals surface area contributed by atoms with Crippen LogP contribution in [0.3, 0.4) is 0 Å². The van der Waals surface area contributed by atoms with Crippen LogP contribution in [0.25, 0.3) is 0 Å². The number of nitrogens with zero attached hydrogens (tertiary/aromatic N) is 1. The SMILES string of the molecule is CC(=O)NCCN(CCO)C(C)=O. The van der Waals surface area contributed by atoms with Gasteiger partial charge in [-0.1, -0.05) is 0 Å². The van der Waals surface area contributed by atoms with Gasteiger partial charge in [0.05, 0.1) is 6.61 Å². The number of hydrogen-bond donors (Lipinski definition) is 2. The van der Waals surface area contributed by atoms with Crippen LogP contribution in [0.4, 0.5) is 0 Å². The molecule has 0 aromatic heterocycles. The molecule has 2 amide bonds. The third kappa shape index (κ3) is 6.10. The van der Waals surface area contributed by atoms with E-state index in [-0.39, 0.29) is 18.4 Å². The normalized spacial score (nSPS) is 9.46. The summed E-state index contributed by atoms with van der Waals surface area (Å²) in [5.74, 6) is -0.216. The molecule has 5 nitrogen and oxygen atoms in total. The van der Waals surface area contributed by atoms with E-state index in [0.717, 1.165) is 0 Å². The highest BCUT2D eigenvalue weighted by Crippen LogP contribution is 1.86. The van der Waals surface area contributed by atoms with Crippen LogP contribution < -0.4 is 5.32 Å². The molecule has 0 heterocycles. The molecule has 5 heteroatoms. The lowest BCUT2D eigenvalue weighted by Gasteiger charge is -2.19. The van der Waals surface area contributed by atoms with E-state index in [1.54, 1.807) is 0 Å². The second-order valence-corrected chi connectivity index (χ2v) is 2.71. The Morgan fingerprint density at radius 2 is 1.92 bits per heavy atom. The molecule has 0 aliphatic heterocycles. The Balaban J connectivity index is 3.69. The summed E-state index contributed by atoms with van der Waals surface area (Å²) >= 11 is 0. The smallest absolute Gasteiger partial charge is 0.219 e. The maximum Gasteiger partial charge on any atom is 0.219 e. The summed E-state index contributed by atoms with van der Waals surface area (Å²) in [5.41, 5.74) is 0. The minimum Gasteiger partial charge on any atom is -0.395 e. The molecule has 0 aromatic carbocycles. The molecule has 0 fully saturated rings. The van der Waals surface area contributed by atoms with E-state index in [4.69, 9.17) is 5.11 Å². The molecule has 13 heavy (non-hydrogen) atoms. The van der Waals surface area contributed by atoms with E-state index >= 15 is 0 Å². The van der Waals surface area contributed by atoms with E-state index in [1.165, 1.54) is 18.7 Å². The Morgan fingerprint density at radius 3 is 2.31 bits per heavy atom. The molecule has 76 valence electrons. The molecule has 0 aliphatic rings. The number of carbonyl (C=O) groups excluding carboxylic acids is 2. The van der Waals surface area contributed by atoms with Crippen LogP contribution in [-0.4, -0.2) is 48.1 Å². The quantitative estimate of drug-likeness (QED) is 0.579. The average Bonchev–Trinajstić information content (AvgIpc) is 2.02. The first-order chi connectivity index (χ1) is 6.07. The van der Waals surface area contributed by atoms with Gasteiger partial charge in [0.25, 0.3) is 0 Å². The third-order valence-corrected chi connectivity index (χ3v) is 1.57. The van der Waals surface area contributed by atoms with Gasteiger partial charge in [-0.25, -0.2) is 0 Å². The first kappa shape index (κ1) is 11.9. The standard InChI is InChI=1S/C8H16N2O3/c1-7(12)9-3-4-10(5-6-11)8(2)13/h11H,3-6H2,1-2H3,(H,9,12). The van der Waals surface area contributed by atoms with Crippen molar-refractivity contribution in [1.29, 1.82) is 0 Å². The van der Waals surface area contributed by atoms with Gasteiger partial charge in [0.15, 0.2) is 0 Å². The topological polar surface area (TPSA) is 69.6 Å². The van der Waals surface area contributed by atoms with Crippen molar-refractivity contribution < 1.29 is 14.7 Å². The first-order valence-electron chi connectivity index (χ1n) is 4.18. The Kier molecular flexibility index (Phi) is 5.88. The van der Waals surface area contributed by atoms with Crippen molar-refractivity contribution in [2.75, 3.05) is 26.2 Å². The second kappa shape index (κ2) is 6.42. The summed E-state index contributed by atoms with van der Waals surface area (Å²) in [6, 6.07) is 0. The van der Waals surface area contributed by atoms with E-state index in [0.29, 0.717) is 19.6 Å². The molecule has 0 saturated heterocycles. The lowest BCUT2D eigenvalue weighted by molar-refractivity contribution is -0.129. The Morgan fingerprint density at radius 1 is 1.31 bits per heavy atom. The highest BCUT2D eigenvalue weighted by Gasteiger charge is 2.06. The number of aliphatic hydroxyl groups excluding tert-OH is 1. The Bertz CT molecular complexity index is 182. The summed E-state index contributed by atoms with van der Waals surface area (Å²) < 4.78 is 0. The molecule has 0 rings (SSSR count). The highest BCUT2D eigenvalue weighted by atomic mass is 16.3. The largest absolute Gasteiger partial charge is 0.395 e. The number of hydrogen-bond acceptors (Lipinski definition) is 3. The van der Waals surface area contributed by atoms with Gasteiger partial charge in [0.1, 0.15) is 0 Å². The molecule has 0 saturated carbocycles. The zero-order chi connectivity index (χ0) is 10.3. The van der Waals surface area contributed by atoms with E-state index < -0.39 is 0 Å². The minimum atomic E-state index is -0.118. The number of rotatable bonds is 5. The fourth-order valence-electron chi connectivity index (χ4n) is 0.914. The number of nitrogens with one attached hydrogen (secondary N) is 1. The fourth-order valence-corrected chi connectivity index (χ4v) is 0.914. The molecular formula is C8H16N2O3. The number of amides is 2. The lowest BCUT2D eigenvalue weighted by Crippen LogP contribution is -2.38. The summed E-state index contributed by atoms with van der Waals surface area (Å²) in [5, 5.41) is 11.2. The Labute approximate surface area is 77.7 Å². The summed E-state index contributed by atoms with van der Waals surface area (Å²) in [6.07, 6.45) is 0. The maximum absolute atomic E-state index is 10.9. The molecule has 0 unspecified atom stereocenters. The maximum atomic E-state index is 10.9. The van der Waals surface area contributed by atoms with E-state index in [9.17, 15) is 9.59 Å². The molecule has 2 N–H and O–H groups in total. The molecule has 0 aromatic rings. The zero-order valence-electron chi connectivity index (χ0n) is 8.04. The first-order valence-corrected chi connectivity index (χ1v) is 4.18. The lowest BCUT2D eigenvalue weighted by atomic mass is 10.4. The van der Waals surface area contributed by atoms with Crippen LogP contribution in [-0.2, 0) is 9.59 Å². The van der Waals surface area contributed by atoms with Crippen molar-refractivity contribution in [2.45, 2.75) is 13.8 Å². The van der Waals surface area contributed by atoms with Gasteiger partial charge >= 0.3 is 0 Å². The number of carbonyl (C=O) groups is 2. The van der Waals surface area contributed by atoms with Gasteiger partial charge in [0.2, 0.25) is 11.8 Å². The second-order valence-electron chi connectivity index (χ2n) is 2.71. The van der Waals surface area contributed by atoms with E-state index in [1.807, 2.05) is 0 Å². The van der Waals surface area contributed by atoms with Crippen LogP contribution >= 0.6 is 0 Å². The van der Waals surface area contributed by atoms with E-state index in [2.05, 4.69) is 5.32 Å². The van der Waals surface area contributed by atoms with Crippen LogP contribution in [0.2, 0.25) is 0 Å². The van der Waals surface area contributed by atoms with Gasteiger partial charge in [-0.3, -0.25) is 9.59 Å². The van der Waals surface area contributed by atoms with Crippen LogP contribution in [0.15, 0.2) is 0 Å². The summed E-state index contributed by atoms with van der Waals surface area (Å²) in [6.45, 7) is 3.98. The van der Waals surface area contributed by atoms with Crippen molar-refractivity contribution >= 4 is 11.8 Å². The molecule has 0 atom stereocenters. The summed E-state index contributed by atoms with van der Waals surface area (Å²) in [4.78, 5) is 22.9. The monoisotopic (exact) mass is 188 g/mol. The van der Waals surface area contributed by atoms with Crippen molar-refractivity contribution in [2.24, 2.45) is 0 Å². The van der Waals surface area contributed by atoms with Gasteiger partial charge in [-0.2, -0.15) is 0 Å². The van der Waals surface area contributed by atoms with Crippen LogP contribution in [0.1, 0.15) is 13.8 Å². The third-order valence-electron chi connectivity index (χ3n) is 1.57.